The van der Waals surface area contributed by atoms with Crippen LogP contribution < -0.4 is 10.2 Å². The molecule has 0 unspecified atom stereocenters. The first-order valence-corrected chi connectivity index (χ1v) is 11.9. The molecule has 0 bridgehead atoms. The van der Waals surface area contributed by atoms with Gasteiger partial charge in [-0.1, -0.05) is 19.3 Å². The molecular weight excluding hydrogens is 431 g/mol. The number of halogens is 3. The summed E-state index contributed by atoms with van der Waals surface area (Å²) >= 11 is 0. The molecule has 0 spiro atoms. The van der Waals surface area contributed by atoms with E-state index in [9.17, 15) is 18.0 Å². The number of anilines is 1. The van der Waals surface area contributed by atoms with E-state index in [1.165, 1.54) is 44.2 Å². The van der Waals surface area contributed by atoms with Gasteiger partial charge in [0.1, 0.15) is 5.76 Å². The maximum Gasteiger partial charge on any atom is 0.416 e. The van der Waals surface area contributed by atoms with Crippen LogP contribution in [0.15, 0.2) is 41.0 Å². The topological polar surface area (TPSA) is 48.7 Å². The average Bonchev–Trinajstić information content (AvgIpc) is 3.35. The molecule has 2 fully saturated rings. The van der Waals surface area contributed by atoms with Crippen molar-refractivity contribution < 1.29 is 22.4 Å². The Morgan fingerprint density at radius 2 is 1.94 bits per heavy atom. The highest BCUT2D eigenvalue weighted by atomic mass is 19.4. The number of carbonyl (C=O) groups is 1. The van der Waals surface area contributed by atoms with Gasteiger partial charge in [0, 0.05) is 31.4 Å². The van der Waals surface area contributed by atoms with Gasteiger partial charge in [0.2, 0.25) is 5.91 Å². The molecule has 3 aliphatic rings. The number of rotatable bonds is 4. The zero-order valence-electron chi connectivity index (χ0n) is 18.6. The van der Waals surface area contributed by atoms with Gasteiger partial charge in [-0.05, 0) is 55.2 Å². The molecule has 5 rings (SSSR count). The number of hydrogen-bond donors (Lipinski definition) is 1. The lowest BCUT2D eigenvalue weighted by Gasteiger charge is -2.51. The zero-order chi connectivity index (χ0) is 23.0. The van der Waals surface area contributed by atoms with Gasteiger partial charge in [0.15, 0.2) is 0 Å². The van der Waals surface area contributed by atoms with Gasteiger partial charge >= 0.3 is 6.18 Å². The van der Waals surface area contributed by atoms with Gasteiger partial charge in [-0.15, -0.1) is 0 Å². The van der Waals surface area contributed by atoms with Crippen molar-refractivity contribution in [3.8, 4) is 0 Å². The van der Waals surface area contributed by atoms with E-state index in [4.69, 9.17) is 4.42 Å². The molecule has 1 saturated heterocycles. The summed E-state index contributed by atoms with van der Waals surface area (Å²) in [6.45, 7) is 2.64. The summed E-state index contributed by atoms with van der Waals surface area (Å²) in [5, 5.41) is 2.96. The number of furan rings is 1. The predicted molar refractivity (Wildman–Crippen MR) is 119 cm³/mol. The molecule has 2 atom stereocenters. The smallest absolute Gasteiger partial charge is 0.416 e. The van der Waals surface area contributed by atoms with Crippen molar-refractivity contribution in [2.45, 2.75) is 63.3 Å². The van der Waals surface area contributed by atoms with E-state index in [1.807, 2.05) is 0 Å². The molecule has 2 aromatic rings. The number of amides is 1. The Bertz CT molecular complexity index is 970. The summed E-state index contributed by atoms with van der Waals surface area (Å²) in [5.41, 5.74) is 0.784. The number of fused-ring (bicyclic) bond motifs is 3. The average molecular weight is 462 g/mol. The standard InChI is InChI=1S/C25H30F3N3O2/c26-25(27,28)18-8-9-22-17(13-18)14-21(24(32)29-15-20-7-4-12-33-20)23-16-30(10-11-31(22)23)19-5-2-1-3-6-19/h4,7-9,12-13,19,21,23H,1-3,5-6,10-11,14-16H2,(H,29,32)/t21-,23-/m0/s1. The summed E-state index contributed by atoms with van der Waals surface area (Å²) in [5.74, 6) is 0.112. The Balaban J connectivity index is 1.41. The second-order valence-electron chi connectivity index (χ2n) is 9.50. The summed E-state index contributed by atoms with van der Waals surface area (Å²) < 4.78 is 45.4. The fraction of sp³-hybridized carbons (Fsp3) is 0.560. The first-order valence-electron chi connectivity index (χ1n) is 11.9. The molecule has 3 heterocycles. The Hall–Kier alpha value is -2.48. The van der Waals surface area contributed by atoms with Crippen LogP contribution in [0, 0.1) is 5.92 Å². The summed E-state index contributed by atoms with van der Waals surface area (Å²) in [7, 11) is 0. The molecule has 1 N–H and O–H groups in total. The number of benzene rings is 1. The van der Waals surface area contributed by atoms with E-state index in [2.05, 4.69) is 15.1 Å². The molecule has 178 valence electrons. The molecule has 1 aliphatic carbocycles. The quantitative estimate of drug-likeness (QED) is 0.723. The van der Waals surface area contributed by atoms with Gasteiger partial charge in [-0.25, -0.2) is 0 Å². The van der Waals surface area contributed by atoms with Gasteiger partial charge in [-0.3, -0.25) is 9.69 Å². The van der Waals surface area contributed by atoms with Gasteiger partial charge in [0.05, 0.1) is 30.3 Å². The molecule has 8 heteroatoms. The normalized spacial score (nSPS) is 24.3. The second kappa shape index (κ2) is 9.05. The Morgan fingerprint density at radius 1 is 1.12 bits per heavy atom. The second-order valence-corrected chi connectivity index (χ2v) is 9.50. The lowest BCUT2D eigenvalue weighted by Crippen LogP contribution is -2.62. The summed E-state index contributed by atoms with van der Waals surface area (Å²) in [6, 6.07) is 8.04. The SMILES string of the molecule is O=C(NCc1ccco1)[C@H]1Cc2cc(C(F)(F)F)ccc2N2CCN(C3CCCCC3)C[C@@H]12. The lowest BCUT2D eigenvalue weighted by molar-refractivity contribution is -0.137. The number of hydrogen-bond acceptors (Lipinski definition) is 4. The maximum absolute atomic E-state index is 13.4. The van der Waals surface area contributed by atoms with E-state index in [1.54, 1.807) is 24.5 Å². The van der Waals surface area contributed by atoms with Crippen LogP contribution >= 0.6 is 0 Å². The zero-order valence-corrected chi connectivity index (χ0v) is 18.6. The monoisotopic (exact) mass is 461 g/mol. The Morgan fingerprint density at radius 3 is 2.67 bits per heavy atom. The van der Waals surface area contributed by atoms with Crippen molar-refractivity contribution in [3.63, 3.8) is 0 Å². The van der Waals surface area contributed by atoms with Crippen LogP contribution in [0.5, 0.6) is 0 Å². The van der Waals surface area contributed by atoms with Gasteiger partial charge in [-0.2, -0.15) is 13.2 Å². The van der Waals surface area contributed by atoms with Crippen molar-refractivity contribution in [1.82, 2.24) is 10.2 Å². The highest BCUT2D eigenvalue weighted by Crippen LogP contribution is 2.40. The Kier molecular flexibility index (Phi) is 6.12. The van der Waals surface area contributed by atoms with Crippen molar-refractivity contribution in [3.05, 3.63) is 53.5 Å². The summed E-state index contributed by atoms with van der Waals surface area (Å²) in [6.07, 6.45) is 3.61. The van der Waals surface area contributed by atoms with Crippen LogP contribution in [-0.4, -0.2) is 42.5 Å². The third kappa shape index (κ3) is 4.63. The minimum Gasteiger partial charge on any atom is -0.467 e. The van der Waals surface area contributed by atoms with E-state index in [0.717, 1.165) is 25.3 Å². The van der Waals surface area contributed by atoms with Crippen molar-refractivity contribution in [2.75, 3.05) is 24.5 Å². The first kappa shape index (κ1) is 22.3. The molecule has 5 nitrogen and oxygen atoms in total. The number of alkyl halides is 3. The highest BCUT2D eigenvalue weighted by Gasteiger charge is 2.43. The Labute approximate surface area is 191 Å². The van der Waals surface area contributed by atoms with Crippen molar-refractivity contribution >= 4 is 11.6 Å². The minimum absolute atomic E-state index is 0.0542. The van der Waals surface area contributed by atoms with E-state index >= 15 is 0 Å². The first-order chi connectivity index (χ1) is 15.9. The molecule has 1 amide bonds. The van der Waals surface area contributed by atoms with Crippen LogP contribution in [0.3, 0.4) is 0 Å². The molecule has 0 radical (unpaired) electrons. The number of piperazine rings is 1. The number of carbonyl (C=O) groups excluding carboxylic acids is 1. The number of nitrogens with one attached hydrogen (secondary N) is 1. The van der Waals surface area contributed by atoms with Crippen LogP contribution in [0.25, 0.3) is 0 Å². The predicted octanol–water partition coefficient (Wildman–Crippen LogP) is 4.61. The molecular formula is C25H30F3N3O2. The summed E-state index contributed by atoms with van der Waals surface area (Å²) in [4.78, 5) is 18.0. The van der Waals surface area contributed by atoms with E-state index in [-0.39, 0.29) is 18.5 Å². The van der Waals surface area contributed by atoms with Crippen LogP contribution in [0.4, 0.5) is 18.9 Å². The molecule has 1 aromatic carbocycles. The molecule has 1 saturated carbocycles. The van der Waals surface area contributed by atoms with Crippen LogP contribution in [0.1, 0.15) is 49.0 Å². The fourth-order valence-corrected chi connectivity index (χ4v) is 5.82. The van der Waals surface area contributed by atoms with Gasteiger partial charge < -0.3 is 14.6 Å². The minimum atomic E-state index is -4.40. The molecule has 33 heavy (non-hydrogen) atoms. The van der Waals surface area contributed by atoms with E-state index < -0.39 is 17.7 Å². The van der Waals surface area contributed by atoms with Crippen molar-refractivity contribution in [2.24, 2.45) is 5.92 Å². The largest absolute Gasteiger partial charge is 0.467 e. The number of nitrogens with zero attached hydrogens (tertiary/aromatic N) is 2. The van der Waals surface area contributed by atoms with Crippen LogP contribution in [0.2, 0.25) is 0 Å². The van der Waals surface area contributed by atoms with E-state index in [0.29, 0.717) is 23.8 Å². The van der Waals surface area contributed by atoms with Gasteiger partial charge in [0.25, 0.3) is 0 Å². The van der Waals surface area contributed by atoms with Crippen molar-refractivity contribution in [1.29, 1.82) is 0 Å². The molecule has 2 aliphatic heterocycles. The fourth-order valence-electron chi connectivity index (χ4n) is 5.82. The molecule has 1 aromatic heterocycles. The third-order valence-corrected chi connectivity index (χ3v) is 7.52. The lowest BCUT2D eigenvalue weighted by atomic mass is 9.82. The highest BCUT2D eigenvalue weighted by molar-refractivity contribution is 5.82. The third-order valence-electron chi connectivity index (χ3n) is 7.52. The maximum atomic E-state index is 13.4. The van der Waals surface area contributed by atoms with Crippen LogP contribution in [-0.2, 0) is 23.9 Å².